The Bertz CT molecular complexity index is 1160. The summed E-state index contributed by atoms with van der Waals surface area (Å²) in [5, 5.41) is 30.0. The van der Waals surface area contributed by atoms with Crippen molar-refractivity contribution in [1.29, 1.82) is 0 Å². The maximum atomic E-state index is 10.9. The molecule has 0 atom stereocenters. The van der Waals surface area contributed by atoms with Crippen molar-refractivity contribution in [3.8, 4) is 23.1 Å². The molecule has 2 heterocycles. The highest BCUT2D eigenvalue weighted by atomic mass is 16.6. The topological polar surface area (TPSA) is 138 Å². The van der Waals surface area contributed by atoms with Crippen LogP contribution in [-0.2, 0) is 0 Å². The number of hydrogen-bond donors (Lipinski definition) is 0. The van der Waals surface area contributed by atoms with Gasteiger partial charge in [-0.15, -0.1) is 10.2 Å². The molecule has 0 N–H and O–H groups in total. The minimum Gasteiger partial charge on any atom is -0.451 e. The first-order valence-corrected chi connectivity index (χ1v) is 7.28. The molecule has 0 saturated carbocycles. The highest BCUT2D eigenvalue weighted by Crippen LogP contribution is 2.31. The molecule has 0 fully saturated rings. The number of aromatic nitrogens is 2. The van der Waals surface area contributed by atoms with Crippen molar-refractivity contribution < 1.29 is 18.7 Å². The molecule has 10 nitrogen and oxygen atoms in total. The van der Waals surface area contributed by atoms with Crippen LogP contribution in [0.25, 0.3) is 34.1 Å². The number of non-ortho nitro benzene ring substituents is 2. The summed E-state index contributed by atoms with van der Waals surface area (Å²) in [6.07, 6.45) is 0. The molecule has 0 unspecified atom stereocenters. The second kappa shape index (κ2) is 5.77. The number of nitrogens with zero attached hydrogens (tertiary/aromatic N) is 4. The Hall–Kier alpha value is -4.08. The zero-order valence-electron chi connectivity index (χ0n) is 12.9. The van der Waals surface area contributed by atoms with Crippen LogP contribution in [0.3, 0.4) is 0 Å². The van der Waals surface area contributed by atoms with Crippen molar-refractivity contribution in [2.45, 2.75) is 0 Å². The minimum atomic E-state index is -0.521. The van der Waals surface area contributed by atoms with Gasteiger partial charge in [-0.1, -0.05) is 6.07 Å². The largest absolute Gasteiger partial charge is 0.451 e. The minimum absolute atomic E-state index is 0.0605. The van der Waals surface area contributed by atoms with Gasteiger partial charge >= 0.3 is 0 Å². The number of nitro benzene ring substituents is 2. The van der Waals surface area contributed by atoms with E-state index in [1.807, 2.05) is 0 Å². The average molecular weight is 352 g/mol. The van der Waals surface area contributed by atoms with Gasteiger partial charge in [0.05, 0.1) is 9.85 Å². The molecular formula is C16H8N4O6. The summed E-state index contributed by atoms with van der Waals surface area (Å²) < 4.78 is 11.1. The van der Waals surface area contributed by atoms with Crippen molar-refractivity contribution in [2.24, 2.45) is 0 Å². The monoisotopic (exact) mass is 352 g/mol. The molecule has 0 aliphatic heterocycles. The molecule has 0 amide bonds. The van der Waals surface area contributed by atoms with Gasteiger partial charge in [0, 0.05) is 35.2 Å². The Balaban J connectivity index is 1.72. The maximum absolute atomic E-state index is 10.9. The van der Waals surface area contributed by atoms with Crippen molar-refractivity contribution >= 4 is 22.3 Å². The van der Waals surface area contributed by atoms with E-state index < -0.39 is 9.85 Å². The van der Waals surface area contributed by atoms with Crippen LogP contribution in [0.5, 0.6) is 0 Å². The third-order valence-electron chi connectivity index (χ3n) is 3.65. The lowest BCUT2D eigenvalue weighted by Gasteiger charge is -1.94. The van der Waals surface area contributed by atoms with E-state index in [-0.39, 0.29) is 28.9 Å². The molecule has 2 aromatic carbocycles. The van der Waals surface area contributed by atoms with Crippen LogP contribution in [0.2, 0.25) is 0 Å². The summed E-state index contributed by atoms with van der Waals surface area (Å²) in [6, 6.07) is 11.5. The average Bonchev–Trinajstić information content (AvgIpc) is 3.27. The lowest BCUT2D eigenvalue weighted by atomic mass is 10.2. The maximum Gasteiger partial charge on any atom is 0.283 e. The lowest BCUT2D eigenvalue weighted by Crippen LogP contribution is -1.88. The molecule has 0 saturated heterocycles. The van der Waals surface area contributed by atoms with Gasteiger partial charge in [-0.2, -0.15) is 0 Å². The van der Waals surface area contributed by atoms with Crippen LogP contribution in [0.15, 0.2) is 57.4 Å². The number of furan rings is 1. The summed E-state index contributed by atoms with van der Waals surface area (Å²) in [6.45, 7) is 0. The fraction of sp³-hybridized carbons (Fsp3) is 0. The fourth-order valence-electron chi connectivity index (χ4n) is 2.44. The summed E-state index contributed by atoms with van der Waals surface area (Å²) >= 11 is 0. The Morgan fingerprint density at radius 3 is 2.31 bits per heavy atom. The van der Waals surface area contributed by atoms with Crippen molar-refractivity contribution in [2.75, 3.05) is 0 Å². The molecule has 26 heavy (non-hydrogen) atoms. The van der Waals surface area contributed by atoms with E-state index in [0.29, 0.717) is 16.5 Å². The molecule has 0 aliphatic carbocycles. The van der Waals surface area contributed by atoms with Gasteiger partial charge in [0.2, 0.25) is 5.89 Å². The Morgan fingerprint density at radius 2 is 1.54 bits per heavy atom. The molecule has 4 aromatic rings. The number of hydrogen-bond acceptors (Lipinski definition) is 8. The van der Waals surface area contributed by atoms with Crippen molar-refractivity contribution in [1.82, 2.24) is 10.2 Å². The van der Waals surface area contributed by atoms with Crippen LogP contribution in [0, 0.1) is 20.2 Å². The third kappa shape index (κ3) is 2.65. The van der Waals surface area contributed by atoms with E-state index in [2.05, 4.69) is 10.2 Å². The van der Waals surface area contributed by atoms with Crippen LogP contribution < -0.4 is 0 Å². The van der Waals surface area contributed by atoms with Gasteiger partial charge in [0.25, 0.3) is 17.3 Å². The second-order valence-electron chi connectivity index (χ2n) is 5.31. The predicted molar refractivity (Wildman–Crippen MR) is 88.3 cm³/mol. The summed E-state index contributed by atoms with van der Waals surface area (Å²) in [4.78, 5) is 20.7. The van der Waals surface area contributed by atoms with Gasteiger partial charge in [-0.25, -0.2) is 0 Å². The molecule has 0 spiro atoms. The second-order valence-corrected chi connectivity index (χ2v) is 5.31. The van der Waals surface area contributed by atoms with Crippen LogP contribution >= 0.6 is 0 Å². The standard InChI is InChI=1S/C16H8N4O6/c21-19(22)11-3-1-2-9(6-11)15-17-18-16(26-15)14-8-10-7-12(20(23)24)4-5-13(10)25-14/h1-8H. The van der Waals surface area contributed by atoms with E-state index in [9.17, 15) is 20.2 Å². The molecule has 0 aliphatic rings. The van der Waals surface area contributed by atoms with E-state index >= 15 is 0 Å². The van der Waals surface area contributed by atoms with E-state index in [1.165, 1.54) is 36.4 Å². The SMILES string of the molecule is O=[N+]([O-])c1cccc(-c2nnc(-c3cc4cc([N+](=O)[O-])ccc4o3)o2)c1. The van der Waals surface area contributed by atoms with Crippen molar-refractivity contribution in [3.05, 3.63) is 68.8 Å². The van der Waals surface area contributed by atoms with Gasteiger partial charge in [-0.05, 0) is 18.2 Å². The predicted octanol–water partition coefficient (Wildman–Crippen LogP) is 3.97. The third-order valence-corrected chi connectivity index (χ3v) is 3.65. The smallest absolute Gasteiger partial charge is 0.283 e. The summed E-state index contributed by atoms with van der Waals surface area (Å²) in [5.41, 5.74) is 0.663. The van der Waals surface area contributed by atoms with Gasteiger partial charge in [-0.3, -0.25) is 20.2 Å². The first-order valence-electron chi connectivity index (χ1n) is 7.28. The lowest BCUT2D eigenvalue weighted by molar-refractivity contribution is -0.384. The highest BCUT2D eigenvalue weighted by Gasteiger charge is 2.17. The molecule has 10 heteroatoms. The van der Waals surface area contributed by atoms with Gasteiger partial charge in [0.1, 0.15) is 5.58 Å². The van der Waals surface area contributed by atoms with Crippen molar-refractivity contribution in [3.63, 3.8) is 0 Å². The van der Waals surface area contributed by atoms with Gasteiger partial charge in [0.15, 0.2) is 5.76 Å². The number of fused-ring (bicyclic) bond motifs is 1. The number of nitro groups is 2. The Morgan fingerprint density at radius 1 is 0.808 bits per heavy atom. The first kappa shape index (κ1) is 15.4. The van der Waals surface area contributed by atoms with Gasteiger partial charge < -0.3 is 8.83 Å². The highest BCUT2D eigenvalue weighted by molar-refractivity contribution is 5.83. The number of rotatable bonds is 4. The van der Waals surface area contributed by atoms with E-state index in [4.69, 9.17) is 8.83 Å². The molecule has 0 radical (unpaired) electrons. The van der Waals surface area contributed by atoms with Crippen LogP contribution in [0.4, 0.5) is 11.4 Å². The molecule has 2 aromatic heterocycles. The zero-order chi connectivity index (χ0) is 18.3. The van der Waals surface area contributed by atoms with E-state index in [0.717, 1.165) is 0 Å². The Labute approximate surface area is 144 Å². The fourth-order valence-corrected chi connectivity index (χ4v) is 2.44. The first-order chi connectivity index (χ1) is 12.5. The van der Waals surface area contributed by atoms with Crippen LogP contribution in [0.1, 0.15) is 0 Å². The molecule has 0 bridgehead atoms. The van der Waals surface area contributed by atoms with E-state index in [1.54, 1.807) is 12.1 Å². The Kier molecular flexibility index (Phi) is 3.43. The zero-order valence-corrected chi connectivity index (χ0v) is 12.9. The summed E-state index contributed by atoms with van der Waals surface area (Å²) in [7, 11) is 0. The molecule has 128 valence electrons. The number of benzene rings is 2. The summed E-state index contributed by atoms with van der Waals surface area (Å²) in [5.74, 6) is 0.394. The quantitative estimate of drug-likeness (QED) is 0.397. The molecule has 4 rings (SSSR count). The van der Waals surface area contributed by atoms with Crippen LogP contribution in [-0.4, -0.2) is 20.0 Å². The molecular weight excluding hydrogens is 344 g/mol. The normalized spacial score (nSPS) is 10.9.